The molecule has 1 aromatic carbocycles. The largest absolute Gasteiger partial charge is 0.294 e. The van der Waals surface area contributed by atoms with Crippen molar-refractivity contribution in [1.29, 1.82) is 0 Å². The van der Waals surface area contributed by atoms with Crippen molar-refractivity contribution in [3.8, 4) is 0 Å². The molecule has 0 amide bonds. The molecule has 0 aliphatic heterocycles. The minimum Gasteiger partial charge on any atom is -0.294 e. The van der Waals surface area contributed by atoms with Crippen molar-refractivity contribution < 1.29 is 4.79 Å². The van der Waals surface area contributed by atoms with Crippen LogP contribution in [0, 0.1) is 6.92 Å². The summed E-state index contributed by atoms with van der Waals surface area (Å²) in [6, 6.07) is 10.1. The highest BCUT2D eigenvalue weighted by atomic mass is 16.1. The first-order valence-electron chi connectivity index (χ1n) is 7.28. The molecule has 3 nitrogen and oxygen atoms in total. The third-order valence-electron chi connectivity index (χ3n) is 3.77. The number of hydrogen-bond acceptors (Lipinski definition) is 2. The topological polar surface area (TPSA) is 34.9 Å². The van der Waals surface area contributed by atoms with Crippen LogP contribution in [0.2, 0.25) is 0 Å². The van der Waals surface area contributed by atoms with E-state index in [1.54, 1.807) is 0 Å². The van der Waals surface area contributed by atoms with Gasteiger partial charge in [-0.15, -0.1) is 0 Å². The van der Waals surface area contributed by atoms with E-state index in [1.165, 1.54) is 0 Å². The Kier molecular flexibility index (Phi) is 4.72. The van der Waals surface area contributed by atoms with Gasteiger partial charge < -0.3 is 0 Å². The SMILES string of the molecule is CCC(CC)n1ccc(CC(=O)c2ccccc2C)n1. The van der Waals surface area contributed by atoms with E-state index in [2.05, 4.69) is 18.9 Å². The highest BCUT2D eigenvalue weighted by molar-refractivity contribution is 5.98. The lowest BCUT2D eigenvalue weighted by molar-refractivity contribution is 0.0991. The van der Waals surface area contributed by atoms with Gasteiger partial charge in [0.05, 0.1) is 18.2 Å². The van der Waals surface area contributed by atoms with E-state index in [0.717, 1.165) is 29.7 Å². The van der Waals surface area contributed by atoms with Gasteiger partial charge in [0, 0.05) is 11.8 Å². The number of nitrogens with zero attached hydrogens (tertiary/aromatic N) is 2. The van der Waals surface area contributed by atoms with Crippen molar-refractivity contribution >= 4 is 5.78 Å². The average molecular weight is 270 g/mol. The van der Waals surface area contributed by atoms with Crippen LogP contribution in [0.5, 0.6) is 0 Å². The van der Waals surface area contributed by atoms with Crippen molar-refractivity contribution in [2.45, 2.75) is 46.1 Å². The Labute approximate surface area is 120 Å². The maximum Gasteiger partial charge on any atom is 0.169 e. The number of benzene rings is 1. The van der Waals surface area contributed by atoms with Crippen LogP contribution in [-0.2, 0) is 6.42 Å². The van der Waals surface area contributed by atoms with Crippen LogP contribution in [0.15, 0.2) is 36.5 Å². The smallest absolute Gasteiger partial charge is 0.169 e. The van der Waals surface area contributed by atoms with E-state index >= 15 is 0 Å². The molecule has 0 saturated heterocycles. The fourth-order valence-electron chi connectivity index (χ4n) is 2.48. The zero-order chi connectivity index (χ0) is 14.5. The van der Waals surface area contributed by atoms with E-state index < -0.39 is 0 Å². The maximum atomic E-state index is 12.3. The van der Waals surface area contributed by atoms with Gasteiger partial charge in [-0.3, -0.25) is 9.48 Å². The number of carbonyl (C=O) groups is 1. The number of ketones is 1. The molecule has 0 N–H and O–H groups in total. The van der Waals surface area contributed by atoms with Gasteiger partial charge in [-0.05, 0) is 31.4 Å². The molecule has 1 heterocycles. The lowest BCUT2D eigenvalue weighted by Crippen LogP contribution is -2.10. The molecule has 0 saturated carbocycles. The summed E-state index contributed by atoms with van der Waals surface area (Å²) in [4.78, 5) is 12.3. The summed E-state index contributed by atoms with van der Waals surface area (Å²) in [5.74, 6) is 0.137. The Morgan fingerprint density at radius 1 is 1.20 bits per heavy atom. The van der Waals surface area contributed by atoms with Gasteiger partial charge in [0.2, 0.25) is 0 Å². The number of rotatable bonds is 6. The molecule has 2 aromatic rings. The van der Waals surface area contributed by atoms with Gasteiger partial charge in [-0.25, -0.2) is 0 Å². The second kappa shape index (κ2) is 6.51. The number of aromatic nitrogens is 2. The second-order valence-corrected chi connectivity index (χ2v) is 5.17. The number of carbonyl (C=O) groups excluding carboxylic acids is 1. The van der Waals surface area contributed by atoms with E-state index in [4.69, 9.17) is 0 Å². The van der Waals surface area contributed by atoms with Crippen LogP contribution in [0.1, 0.15) is 54.3 Å². The quantitative estimate of drug-likeness (QED) is 0.744. The minimum atomic E-state index is 0.137. The van der Waals surface area contributed by atoms with Crippen molar-refractivity contribution in [1.82, 2.24) is 9.78 Å². The van der Waals surface area contributed by atoms with Gasteiger partial charge in [0.15, 0.2) is 5.78 Å². The summed E-state index contributed by atoms with van der Waals surface area (Å²) in [6.45, 7) is 6.29. The van der Waals surface area contributed by atoms with E-state index in [0.29, 0.717) is 12.5 Å². The molecule has 0 spiro atoms. The molecule has 1 aromatic heterocycles. The molecule has 0 atom stereocenters. The van der Waals surface area contributed by atoms with Gasteiger partial charge in [-0.1, -0.05) is 38.1 Å². The monoisotopic (exact) mass is 270 g/mol. The highest BCUT2D eigenvalue weighted by Crippen LogP contribution is 2.16. The molecule has 0 radical (unpaired) electrons. The standard InChI is InChI=1S/C17H22N2O/c1-4-15(5-2)19-11-10-14(18-19)12-17(20)16-9-7-6-8-13(16)3/h6-11,15H,4-5,12H2,1-3H3. The molecule has 20 heavy (non-hydrogen) atoms. The fourth-order valence-corrected chi connectivity index (χ4v) is 2.48. The number of aryl methyl sites for hydroxylation is 1. The Balaban J connectivity index is 2.11. The van der Waals surface area contributed by atoms with Crippen molar-refractivity contribution in [3.63, 3.8) is 0 Å². The van der Waals surface area contributed by atoms with Crippen molar-refractivity contribution in [2.75, 3.05) is 0 Å². The van der Waals surface area contributed by atoms with Gasteiger partial charge in [0.1, 0.15) is 0 Å². The minimum absolute atomic E-state index is 0.137. The maximum absolute atomic E-state index is 12.3. The first kappa shape index (κ1) is 14.5. The van der Waals surface area contributed by atoms with Crippen molar-refractivity contribution in [3.05, 3.63) is 53.3 Å². The summed E-state index contributed by atoms with van der Waals surface area (Å²) >= 11 is 0. The molecular weight excluding hydrogens is 248 g/mol. The number of hydrogen-bond donors (Lipinski definition) is 0. The zero-order valence-corrected chi connectivity index (χ0v) is 12.5. The lowest BCUT2D eigenvalue weighted by atomic mass is 10.0. The third-order valence-corrected chi connectivity index (χ3v) is 3.77. The van der Waals surface area contributed by atoms with Crippen LogP contribution in [-0.4, -0.2) is 15.6 Å². The molecule has 0 fully saturated rings. The van der Waals surface area contributed by atoms with Gasteiger partial charge in [0.25, 0.3) is 0 Å². The summed E-state index contributed by atoms with van der Waals surface area (Å²) in [6.07, 6.45) is 4.48. The molecule has 2 rings (SSSR count). The normalized spacial score (nSPS) is 11.0. The van der Waals surface area contributed by atoms with Crippen molar-refractivity contribution in [2.24, 2.45) is 0 Å². The molecule has 0 bridgehead atoms. The zero-order valence-electron chi connectivity index (χ0n) is 12.5. The van der Waals surface area contributed by atoms with E-state index in [9.17, 15) is 4.79 Å². The first-order valence-corrected chi connectivity index (χ1v) is 7.28. The summed E-state index contributed by atoms with van der Waals surface area (Å²) in [5, 5.41) is 4.54. The first-order chi connectivity index (χ1) is 9.65. The van der Waals surface area contributed by atoms with Gasteiger partial charge in [-0.2, -0.15) is 5.10 Å². The lowest BCUT2D eigenvalue weighted by Gasteiger charge is -2.12. The van der Waals surface area contributed by atoms with Crippen LogP contribution >= 0.6 is 0 Å². The van der Waals surface area contributed by atoms with Crippen LogP contribution < -0.4 is 0 Å². The molecule has 0 aliphatic carbocycles. The summed E-state index contributed by atoms with van der Waals surface area (Å²) < 4.78 is 1.99. The molecule has 3 heteroatoms. The Hall–Kier alpha value is -1.90. The van der Waals surface area contributed by atoms with Crippen LogP contribution in [0.25, 0.3) is 0 Å². The third kappa shape index (κ3) is 3.16. The molecule has 106 valence electrons. The predicted molar refractivity (Wildman–Crippen MR) is 81.1 cm³/mol. The Morgan fingerprint density at radius 3 is 2.55 bits per heavy atom. The summed E-state index contributed by atoms with van der Waals surface area (Å²) in [7, 11) is 0. The molecule has 0 aliphatic rings. The Morgan fingerprint density at radius 2 is 1.90 bits per heavy atom. The number of Topliss-reactive ketones (excluding diaryl/α,β-unsaturated/α-hetero) is 1. The average Bonchev–Trinajstić information content (AvgIpc) is 2.89. The fraction of sp³-hybridized carbons (Fsp3) is 0.412. The predicted octanol–water partition coefficient (Wildman–Crippen LogP) is 3.98. The van der Waals surface area contributed by atoms with E-state index in [-0.39, 0.29) is 5.78 Å². The molecule has 0 unspecified atom stereocenters. The second-order valence-electron chi connectivity index (χ2n) is 5.17. The van der Waals surface area contributed by atoms with E-state index in [1.807, 2.05) is 48.1 Å². The summed E-state index contributed by atoms with van der Waals surface area (Å²) in [5.41, 5.74) is 2.67. The molecular formula is C17H22N2O. The Bertz CT molecular complexity index is 582. The highest BCUT2D eigenvalue weighted by Gasteiger charge is 2.13. The van der Waals surface area contributed by atoms with Crippen LogP contribution in [0.4, 0.5) is 0 Å². The van der Waals surface area contributed by atoms with Gasteiger partial charge >= 0.3 is 0 Å². The van der Waals surface area contributed by atoms with Crippen LogP contribution in [0.3, 0.4) is 0 Å².